The van der Waals surface area contributed by atoms with Gasteiger partial charge in [-0.2, -0.15) is 0 Å². The largest absolute Gasteiger partial charge is 0.440 e. The van der Waals surface area contributed by atoms with Crippen molar-refractivity contribution in [2.75, 3.05) is 0 Å². The van der Waals surface area contributed by atoms with E-state index in [9.17, 15) is 4.79 Å². The first-order chi connectivity index (χ1) is 6.25. The van der Waals surface area contributed by atoms with Crippen LogP contribution in [0.4, 0.5) is 0 Å². The van der Waals surface area contributed by atoms with E-state index in [1.165, 1.54) is 6.08 Å². The van der Waals surface area contributed by atoms with Crippen LogP contribution in [0.15, 0.2) is 24.8 Å². The molecule has 2 saturated heterocycles. The molecule has 0 saturated carbocycles. The van der Waals surface area contributed by atoms with Gasteiger partial charge in [0.15, 0.2) is 4.93 Å². The molecule has 0 N–H and O–H groups in total. The van der Waals surface area contributed by atoms with Gasteiger partial charge in [0, 0.05) is 16.6 Å². The van der Waals surface area contributed by atoms with Crippen LogP contribution < -0.4 is 0 Å². The van der Waals surface area contributed by atoms with Crippen LogP contribution >= 0.6 is 23.5 Å². The van der Waals surface area contributed by atoms with Crippen molar-refractivity contribution in [3.05, 3.63) is 24.8 Å². The Morgan fingerprint density at radius 3 is 3.31 bits per heavy atom. The molecule has 13 heavy (non-hydrogen) atoms. The minimum absolute atomic E-state index is 0.316. The third-order valence-electron chi connectivity index (χ3n) is 2.46. The van der Waals surface area contributed by atoms with Gasteiger partial charge in [0.1, 0.15) is 0 Å². The van der Waals surface area contributed by atoms with Crippen LogP contribution in [-0.4, -0.2) is 26.7 Å². The molecule has 4 heteroatoms. The zero-order valence-corrected chi connectivity index (χ0v) is 8.44. The summed E-state index contributed by atoms with van der Waals surface area (Å²) in [6.07, 6.45) is 5.41. The number of esters is 1. The van der Waals surface area contributed by atoms with Crippen LogP contribution in [0.3, 0.4) is 0 Å². The standard InChI is InChI=1S/C9H8O2S2/c1-2-6(10)11-9-4-3-5-7(12-5)8(9)13-9/h2-5,7-8H,1H2. The average Bonchev–Trinajstić information content (AvgIpc) is 2.95. The summed E-state index contributed by atoms with van der Waals surface area (Å²) in [4.78, 5) is 10.7. The molecule has 68 valence electrons. The molecule has 1 aliphatic carbocycles. The first-order valence-corrected chi connectivity index (χ1v) is 5.95. The molecule has 3 rings (SSSR count). The lowest BCUT2D eigenvalue weighted by atomic mass is 10.1. The number of carbonyl (C=O) groups excluding carboxylic acids is 1. The van der Waals surface area contributed by atoms with Gasteiger partial charge in [0.05, 0.1) is 5.25 Å². The van der Waals surface area contributed by atoms with E-state index in [0.29, 0.717) is 15.7 Å². The average molecular weight is 212 g/mol. The summed E-state index contributed by atoms with van der Waals surface area (Å²) >= 11 is 3.70. The van der Waals surface area contributed by atoms with E-state index in [2.05, 4.69) is 12.7 Å². The van der Waals surface area contributed by atoms with Crippen LogP contribution in [-0.2, 0) is 9.53 Å². The summed E-state index contributed by atoms with van der Waals surface area (Å²) in [5.74, 6) is -0.316. The Bertz CT molecular complexity index is 326. The van der Waals surface area contributed by atoms with Gasteiger partial charge in [-0.25, -0.2) is 4.79 Å². The lowest BCUT2D eigenvalue weighted by Gasteiger charge is -2.12. The fraction of sp³-hybridized carbons (Fsp3) is 0.444. The van der Waals surface area contributed by atoms with Crippen molar-refractivity contribution in [3.8, 4) is 0 Å². The van der Waals surface area contributed by atoms with Gasteiger partial charge in [-0.05, 0) is 6.08 Å². The lowest BCUT2D eigenvalue weighted by Crippen LogP contribution is -2.25. The Kier molecular flexibility index (Phi) is 1.45. The Balaban J connectivity index is 1.78. The molecule has 0 bridgehead atoms. The number of ether oxygens (including phenoxy) is 1. The smallest absolute Gasteiger partial charge is 0.331 e. The van der Waals surface area contributed by atoms with Crippen LogP contribution in [0, 0.1) is 0 Å². The van der Waals surface area contributed by atoms with Crippen molar-refractivity contribution in [1.82, 2.24) is 0 Å². The number of fused-ring (bicyclic) bond motifs is 3. The van der Waals surface area contributed by atoms with Crippen molar-refractivity contribution < 1.29 is 9.53 Å². The van der Waals surface area contributed by atoms with Crippen LogP contribution in [0.25, 0.3) is 0 Å². The number of carbonyl (C=O) groups is 1. The van der Waals surface area contributed by atoms with Crippen LogP contribution in [0.2, 0.25) is 0 Å². The van der Waals surface area contributed by atoms with Crippen LogP contribution in [0.1, 0.15) is 0 Å². The Labute approximate surface area is 84.8 Å². The summed E-state index contributed by atoms with van der Waals surface area (Å²) in [5, 5.41) is 1.87. The third-order valence-corrected chi connectivity index (χ3v) is 5.44. The van der Waals surface area contributed by atoms with Crippen molar-refractivity contribution in [1.29, 1.82) is 0 Å². The van der Waals surface area contributed by atoms with E-state index in [1.54, 1.807) is 11.8 Å². The highest BCUT2D eigenvalue weighted by Gasteiger charge is 2.69. The number of hydrogen-bond donors (Lipinski definition) is 0. The summed E-state index contributed by atoms with van der Waals surface area (Å²) in [7, 11) is 0. The van der Waals surface area contributed by atoms with E-state index in [4.69, 9.17) is 4.74 Å². The van der Waals surface area contributed by atoms with Gasteiger partial charge in [0.25, 0.3) is 0 Å². The van der Waals surface area contributed by atoms with Crippen molar-refractivity contribution in [2.24, 2.45) is 0 Å². The maximum Gasteiger partial charge on any atom is 0.331 e. The van der Waals surface area contributed by atoms with Gasteiger partial charge in [0.2, 0.25) is 0 Å². The highest BCUT2D eigenvalue weighted by Crippen LogP contribution is 2.69. The quantitative estimate of drug-likeness (QED) is 0.300. The van der Waals surface area contributed by atoms with Gasteiger partial charge < -0.3 is 4.74 Å². The normalized spacial score (nSPS) is 48.8. The zero-order chi connectivity index (χ0) is 9.05. The first-order valence-electron chi connectivity index (χ1n) is 4.13. The number of hydrogen-bond acceptors (Lipinski definition) is 4. The fourth-order valence-electron chi connectivity index (χ4n) is 1.67. The third kappa shape index (κ3) is 1.08. The molecule has 0 aromatic heterocycles. The van der Waals surface area contributed by atoms with Gasteiger partial charge in [-0.1, -0.05) is 24.4 Å². The maximum atomic E-state index is 11.0. The molecular formula is C9H8O2S2. The van der Waals surface area contributed by atoms with Gasteiger partial charge >= 0.3 is 5.97 Å². The zero-order valence-electron chi connectivity index (χ0n) is 6.80. The molecule has 0 amide bonds. The van der Waals surface area contributed by atoms with Gasteiger partial charge in [-0.3, -0.25) is 0 Å². The first kappa shape index (κ1) is 8.00. The molecule has 4 atom stereocenters. The molecule has 0 radical (unpaired) electrons. The fourth-order valence-corrected chi connectivity index (χ4v) is 4.45. The van der Waals surface area contributed by atoms with Crippen LogP contribution in [0.5, 0.6) is 0 Å². The molecule has 2 heterocycles. The minimum atomic E-state index is -0.323. The molecule has 2 fully saturated rings. The Hall–Kier alpha value is -0.350. The monoisotopic (exact) mass is 212 g/mol. The SMILES string of the molecule is C=CC(=O)OC12C=CC3SC3C1S2. The summed E-state index contributed by atoms with van der Waals surface area (Å²) in [5.41, 5.74) is 0. The number of rotatable bonds is 2. The molecule has 4 unspecified atom stereocenters. The maximum absolute atomic E-state index is 11.0. The van der Waals surface area contributed by atoms with E-state index in [-0.39, 0.29) is 10.9 Å². The predicted octanol–water partition coefficient (Wildman–Crippen LogP) is 1.58. The molecule has 2 aliphatic heterocycles. The highest BCUT2D eigenvalue weighted by molar-refractivity contribution is 8.13. The van der Waals surface area contributed by atoms with E-state index in [0.717, 1.165) is 0 Å². The molecule has 2 nitrogen and oxygen atoms in total. The van der Waals surface area contributed by atoms with Crippen molar-refractivity contribution >= 4 is 29.5 Å². The minimum Gasteiger partial charge on any atom is -0.440 e. The molecule has 3 aliphatic rings. The Morgan fingerprint density at radius 2 is 2.54 bits per heavy atom. The second-order valence-electron chi connectivity index (χ2n) is 3.31. The van der Waals surface area contributed by atoms with Crippen molar-refractivity contribution in [2.45, 2.75) is 20.7 Å². The molecule has 0 spiro atoms. The highest BCUT2D eigenvalue weighted by atomic mass is 32.2. The van der Waals surface area contributed by atoms with Crippen molar-refractivity contribution in [3.63, 3.8) is 0 Å². The number of thioether (sulfide) groups is 2. The second kappa shape index (κ2) is 2.36. The second-order valence-corrected chi connectivity index (χ2v) is 6.05. The summed E-state index contributed by atoms with van der Waals surface area (Å²) in [6.45, 7) is 3.39. The van der Waals surface area contributed by atoms with E-state index in [1.807, 2.05) is 17.8 Å². The van der Waals surface area contributed by atoms with E-state index < -0.39 is 0 Å². The topological polar surface area (TPSA) is 26.3 Å². The van der Waals surface area contributed by atoms with Gasteiger partial charge in [-0.15, -0.1) is 11.8 Å². The molecule has 0 aromatic carbocycles. The summed E-state index contributed by atoms with van der Waals surface area (Å²) < 4.78 is 5.30. The lowest BCUT2D eigenvalue weighted by molar-refractivity contribution is -0.141. The predicted molar refractivity (Wildman–Crippen MR) is 54.7 cm³/mol. The molecular weight excluding hydrogens is 204 g/mol. The van der Waals surface area contributed by atoms with E-state index >= 15 is 0 Å². The molecule has 0 aromatic rings. The Morgan fingerprint density at radius 1 is 1.69 bits per heavy atom. The summed E-state index contributed by atoms with van der Waals surface area (Å²) in [6, 6.07) is 0.